The monoisotopic (exact) mass is 278 g/mol. The van der Waals surface area contributed by atoms with Gasteiger partial charge in [0.05, 0.1) is 0 Å². The fraction of sp³-hybridized carbons (Fsp3) is 0.250. The summed E-state index contributed by atoms with van der Waals surface area (Å²) in [6.45, 7) is 0. The molecule has 20 heavy (non-hydrogen) atoms. The summed E-state index contributed by atoms with van der Waals surface area (Å²) in [5.41, 5.74) is 3.55. The van der Waals surface area contributed by atoms with E-state index in [-0.39, 0.29) is 6.42 Å². The van der Waals surface area contributed by atoms with Crippen LogP contribution < -0.4 is 5.53 Å². The molecule has 106 valence electrons. The van der Waals surface area contributed by atoms with Gasteiger partial charge in [-0.1, -0.05) is 23.7 Å². The summed E-state index contributed by atoms with van der Waals surface area (Å²) in [4.78, 5) is 24.7. The van der Waals surface area contributed by atoms with Crippen molar-refractivity contribution in [1.29, 1.82) is 0 Å². The summed E-state index contributed by atoms with van der Waals surface area (Å²) >= 11 is 0. The molecule has 0 saturated heterocycles. The van der Waals surface area contributed by atoms with Gasteiger partial charge in [0.15, 0.2) is 5.03 Å². The van der Waals surface area contributed by atoms with E-state index in [9.17, 15) is 20.0 Å². The number of fused-ring (bicyclic) bond motifs is 1. The fourth-order valence-corrected chi connectivity index (χ4v) is 2.10. The van der Waals surface area contributed by atoms with Crippen LogP contribution in [0.4, 0.5) is 0 Å². The minimum Gasteiger partial charge on any atom is -0.480 e. The Morgan fingerprint density at radius 2 is 2.25 bits per heavy atom. The Morgan fingerprint density at radius 1 is 1.55 bits per heavy atom. The van der Waals surface area contributed by atoms with E-state index in [2.05, 4.69) is 4.98 Å². The number of rotatable bonds is 6. The molecule has 0 aliphatic carbocycles. The number of nitrogens with one attached hydrogen (secondary N) is 2. The van der Waals surface area contributed by atoms with Crippen molar-refractivity contribution in [3.8, 4) is 0 Å². The Hall–Kier alpha value is -2.61. The molecule has 0 aliphatic heterocycles. The summed E-state index contributed by atoms with van der Waals surface area (Å²) in [6, 6.07) is 6.44. The van der Waals surface area contributed by atoms with Crippen molar-refractivity contribution in [3.05, 3.63) is 46.1 Å². The molecule has 1 aromatic carbocycles. The maximum Gasteiger partial charge on any atom is 0.323 e. The first-order valence-corrected chi connectivity index (χ1v) is 5.90. The Kier molecular flexibility index (Phi) is 3.85. The Labute approximate surface area is 114 Å². The Bertz CT molecular complexity index is 639. The average Bonchev–Trinajstić information content (AvgIpc) is 2.77. The molecule has 2 rings (SSSR count). The van der Waals surface area contributed by atoms with E-state index >= 15 is 0 Å². The molecule has 1 unspecified atom stereocenters. The molecular weight excluding hydrogens is 264 g/mol. The highest BCUT2D eigenvalue weighted by Gasteiger charge is 2.26. The second-order valence-corrected chi connectivity index (χ2v) is 4.39. The number of benzene rings is 1. The summed E-state index contributed by atoms with van der Waals surface area (Å²) in [5, 5.41) is 20.7. The van der Waals surface area contributed by atoms with E-state index in [4.69, 9.17) is 0 Å². The van der Waals surface area contributed by atoms with Gasteiger partial charge in [0.2, 0.25) is 0 Å². The molecule has 0 saturated carbocycles. The number of aromatic nitrogens is 1. The summed E-state index contributed by atoms with van der Waals surface area (Å²) in [7, 11) is 1.33. The molecule has 1 aromatic heterocycles. The number of likely N-dealkylation sites (N-methyl/N-ethyl adjacent to an activating group) is 1. The highest BCUT2D eigenvalue weighted by Crippen LogP contribution is 2.20. The number of aliphatic carboxylic acids is 1. The lowest BCUT2D eigenvalue weighted by molar-refractivity contribution is -0.578. The van der Waals surface area contributed by atoms with Crippen LogP contribution in [0.3, 0.4) is 0 Å². The predicted octanol–water partition coefficient (Wildman–Crippen LogP) is 0.792. The molecule has 8 nitrogen and oxygen atoms in total. The Balaban J connectivity index is 2.24. The van der Waals surface area contributed by atoms with Crippen LogP contribution in [0.2, 0.25) is 0 Å². The van der Waals surface area contributed by atoms with Crippen LogP contribution >= 0.6 is 0 Å². The third-order valence-corrected chi connectivity index (χ3v) is 3.08. The molecule has 0 radical (unpaired) electrons. The molecule has 0 spiro atoms. The van der Waals surface area contributed by atoms with Gasteiger partial charge in [0.25, 0.3) is 0 Å². The smallest absolute Gasteiger partial charge is 0.323 e. The third kappa shape index (κ3) is 2.86. The van der Waals surface area contributed by atoms with Crippen molar-refractivity contribution in [2.75, 3.05) is 7.05 Å². The summed E-state index contributed by atoms with van der Waals surface area (Å²) in [6.07, 6.45) is 1.87. The van der Waals surface area contributed by atoms with Crippen LogP contribution in [-0.4, -0.2) is 39.2 Å². The minimum absolute atomic E-state index is 0.149. The number of carbonyl (C=O) groups is 1. The molecule has 2 aromatic rings. The van der Waals surface area contributed by atoms with Crippen LogP contribution in [0.5, 0.6) is 0 Å². The van der Waals surface area contributed by atoms with Crippen molar-refractivity contribution in [2.45, 2.75) is 12.5 Å². The number of carboxylic acid groups (broad SMARTS) is 1. The first-order chi connectivity index (χ1) is 9.49. The number of hydrogen-bond acceptors (Lipinski definition) is 4. The SMILES string of the molecule is CN(N[N+](=O)[O-])C(Cc1c[nH]c2ccccc12)C(=O)O. The summed E-state index contributed by atoms with van der Waals surface area (Å²) in [5.74, 6) is -1.13. The van der Waals surface area contributed by atoms with Gasteiger partial charge in [-0.05, 0) is 11.6 Å². The fourth-order valence-electron chi connectivity index (χ4n) is 2.10. The number of H-pyrrole nitrogens is 1. The molecular formula is C12H14N4O4. The molecule has 1 heterocycles. The zero-order valence-electron chi connectivity index (χ0n) is 10.7. The number of aromatic amines is 1. The molecule has 0 bridgehead atoms. The van der Waals surface area contributed by atoms with Crippen LogP contribution in [0, 0.1) is 10.1 Å². The molecule has 3 N–H and O–H groups in total. The largest absolute Gasteiger partial charge is 0.480 e. The first kappa shape index (κ1) is 13.8. The molecule has 0 fully saturated rings. The number of hydrazine groups is 2. The average molecular weight is 278 g/mol. The topological polar surface area (TPSA) is 111 Å². The number of nitrogens with zero attached hydrogens (tertiary/aromatic N) is 2. The van der Waals surface area contributed by atoms with Gasteiger partial charge in [-0.25, -0.2) is 10.1 Å². The van der Waals surface area contributed by atoms with Crippen molar-refractivity contribution in [2.24, 2.45) is 0 Å². The third-order valence-electron chi connectivity index (χ3n) is 3.08. The van der Waals surface area contributed by atoms with E-state index < -0.39 is 17.0 Å². The lowest BCUT2D eigenvalue weighted by Crippen LogP contribution is -2.50. The number of para-hydroxylation sites is 1. The van der Waals surface area contributed by atoms with Crippen LogP contribution in [0.15, 0.2) is 30.5 Å². The van der Waals surface area contributed by atoms with Crippen molar-refractivity contribution in [1.82, 2.24) is 15.5 Å². The lowest BCUT2D eigenvalue weighted by Gasteiger charge is -2.20. The maximum absolute atomic E-state index is 11.3. The second-order valence-electron chi connectivity index (χ2n) is 4.39. The van der Waals surface area contributed by atoms with E-state index in [1.165, 1.54) is 7.05 Å². The number of carboxylic acids is 1. The minimum atomic E-state index is -1.13. The maximum atomic E-state index is 11.3. The van der Waals surface area contributed by atoms with Gasteiger partial charge in [-0.2, -0.15) is 5.01 Å². The van der Waals surface area contributed by atoms with Gasteiger partial charge in [0.1, 0.15) is 6.04 Å². The van der Waals surface area contributed by atoms with Crippen molar-refractivity contribution in [3.63, 3.8) is 0 Å². The van der Waals surface area contributed by atoms with E-state index in [1.807, 2.05) is 29.8 Å². The van der Waals surface area contributed by atoms with Gasteiger partial charge < -0.3 is 10.1 Å². The van der Waals surface area contributed by atoms with Crippen LogP contribution in [-0.2, 0) is 11.2 Å². The van der Waals surface area contributed by atoms with E-state index in [0.29, 0.717) is 0 Å². The Morgan fingerprint density at radius 3 is 2.90 bits per heavy atom. The quantitative estimate of drug-likeness (QED) is 0.532. The van der Waals surface area contributed by atoms with Gasteiger partial charge in [0, 0.05) is 30.6 Å². The molecule has 0 aliphatic rings. The van der Waals surface area contributed by atoms with Crippen LogP contribution in [0.25, 0.3) is 10.9 Å². The predicted molar refractivity (Wildman–Crippen MR) is 71.3 cm³/mol. The summed E-state index contributed by atoms with van der Waals surface area (Å²) < 4.78 is 0. The zero-order valence-corrected chi connectivity index (χ0v) is 10.7. The molecule has 0 amide bonds. The van der Waals surface area contributed by atoms with Crippen molar-refractivity contribution < 1.29 is 14.9 Å². The normalized spacial score (nSPS) is 12.5. The number of nitro groups is 1. The van der Waals surface area contributed by atoms with Crippen LogP contribution in [0.1, 0.15) is 5.56 Å². The standard InChI is InChI=1S/C12H14N4O4/c1-15(14-16(19)20)11(12(17)18)6-8-7-13-10-5-3-2-4-9(8)10/h2-5,7,11,13-14H,6H2,1H3,(H,17,18). The van der Waals surface area contributed by atoms with Crippen molar-refractivity contribution >= 4 is 16.9 Å². The zero-order chi connectivity index (χ0) is 14.7. The van der Waals surface area contributed by atoms with Gasteiger partial charge in [-0.3, -0.25) is 4.79 Å². The second kappa shape index (κ2) is 5.57. The van der Waals surface area contributed by atoms with E-state index in [0.717, 1.165) is 21.5 Å². The first-order valence-electron chi connectivity index (χ1n) is 5.90. The molecule has 1 atom stereocenters. The highest BCUT2D eigenvalue weighted by molar-refractivity contribution is 5.84. The number of hydrogen-bond donors (Lipinski definition) is 3. The van der Waals surface area contributed by atoms with Gasteiger partial charge in [-0.15, -0.1) is 0 Å². The molecule has 8 heteroatoms. The van der Waals surface area contributed by atoms with E-state index in [1.54, 1.807) is 6.20 Å². The van der Waals surface area contributed by atoms with Gasteiger partial charge >= 0.3 is 5.97 Å². The lowest BCUT2D eigenvalue weighted by atomic mass is 10.1. The highest BCUT2D eigenvalue weighted by atomic mass is 16.7.